The topological polar surface area (TPSA) is 64.7 Å². The quantitative estimate of drug-likeness (QED) is 0.548. The molecule has 1 atom stereocenters. The molecule has 2 aromatic rings. The standard InChI is InChI=1S/C26H35ClN4O2/c1-19(2)24(29-25(32)22-10-4-5-11-23(22)27)26(33)28-12-7-13-30-14-16-31(17-15-30)21-9-6-8-20(3)18-21/h4-6,8-11,18-19,24H,7,12-17H2,1-3H3,(H,28,33)(H,29,32). The number of amides is 2. The molecule has 1 aliphatic rings. The molecule has 0 bridgehead atoms. The number of piperazine rings is 1. The zero-order valence-corrected chi connectivity index (χ0v) is 20.6. The molecule has 2 aromatic carbocycles. The number of hydrogen-bond donors (Lipinski definition) is 2. The van der Waals surface area contributed by atoms with Gasteiger partial charge in [0.15, 0.2) is 0 Å². The highest BCUT2D eigenvalue weighted by atomic mass is 35.5. The Balaban J connectivity index is 1.40. The van der Waals surface area contributed by atoms with Gasteiger partial charge in [-0.05, 0) is 55.6 Å². The number of nitrogens with one attached hydrogen (secondary N) is 2. The van der Waals surface area contributed by atoms with Crippen LogP contribution in [0.2, 0.25) is 5.02 Å². The third-order valence-corrected chi connectivity index (χ3v) is 6.37. The summed E-state index contributed by atoms with van der Waals surface area (Å²) in [5.41, 5.74) is 2.95. The first-order valence-corrected chi connectivity index (χ1v) is 12.1. The SMILES string of the molecule is Cc1cccc(N2CCN(CCCNC(=O)C(NC(=O)c3ccccc3Cl)C(C)C)CC2)c1. The summed E-state index contributed by atoms with van der Waals surface area (Å²) in [5.74, 6) is -0.526. The maximum atomic E-state index is 12.7. The normalized spacial score (nSPS) is 15.4. The molecule has 7 heteroatoms. The van der Waals surface area contributed by atoms with Gasteiger partial charge < -0.3 is 15.5 Å². The van der Waals surface area contributed by atoms with E-state index in [-0.39, 0.29) is 17.7 Å². The van der Waals surface area contributed by atoms with Crippen LogP contribution in [0, 0.1) is 12.8 Å². The second-order valence-electron chi connectivity index (χ2n) is 8.99. The Labute approximate surface area is 202 Å². The lowest BCUT2D eigenvalue weighted by Crippen LogP contribution is -2.50. The van der Waals surface area contributed by atoms with Gasteiger partial charge in [-0.2, -0.15) is 0 Å². The van der Waals surface area contributed by atoms with Gasteiger partial charge in [-0.15, -0.1) is 0 Å². The second kappa shape index (κ2) is 12.1. The van der Waals surface area contributed by atoms with E-state index in [0.717, 1.165) is 39.1 Å². The Hall–Kier alpha value is -2.57. The molecule has 1 unspecified atom stereocenters. The van der Waals surface area contributed by atoms with Crippen molar-refractivity contribution in [1.29, 1.82) is 0 Å². The molecule has 6 nitrogen and oxygen atoms in total. The monoisotopic (exact) mass is 470 g/mol. The van der Waals surface area contributed by atoms with E-state index >= 15 is 0 Å². The smallest absolute Gasteiger partial charge is 0.253 e. The first-order chi connectivity index (χ1) is 15.8. The van der Waals surface area contributed by atoms with Crippen LogP contribution in [-0.4, -0.2) is 62.0 Å². The number of benzene rings is 2. The average Bonchev–Trinajstić information content (AvgIpc) is 2.80. The second-order valence-corrected chi connectivity index (χ2v) is 9.39. The molecule has 33 heavy (non-hydrogen) atoms. The highest BCUT2D eigenvalue weighted by molar-refractivity contribution is 6.33. The van der Waals surface area contributed by atoms with Gasteiger partial charge in [0.2, 0.25) is 5.91 Å². The molecule has 1 saturated heterocycles. The number of aryl methyl sites for hydroxylation is 1. The van der Waals surface area contributed by atoms with E-state index in [1.165, 1.54) is 11.3 Å². The van der Waals surface area contributed by atoms with Gasteiger partial charge >= 0.3 is 0 Å². The van der Waals surface area contributed by atoms with Crippen LogP contribution in [-0.2, 0) is 4.79 Å². The predicted octanol–water partition coefficient (Wildman–Crippen LogP) is 3.73. The first kappa shape index (κ1) is 25.1. The minimum absolute atomic E-state index is 0.0360. The van der Waals surface area contributed by atoms with Crippen LogP contribution >= 0.6 is 11.6 Å². The Bertz CT molecular complexity index is 941. The summed E-state index contributed by atoms with van der Waals surface area (Å²) in [5, 5.41) is 6.20. The van der Waals surface area contributed by atoms with Crippen LogP contribution in [0.25, 0.3) is 0 Å². The van der Waals surface area contributed by atoms with Gasteiger partial charge in [0.25, 0.3) is 5.91 Å². The van der Waals surface area contributed by atoms with E-state index in [1.807, 2.05) is 13.8 Å². The summed E-state index contributed by atoms with van der Waals surface area (Å²) in [6, 6.07) is 14.9. The molecule has 1 aliphatic heterocycles. The number of nitrogens with zero attached hydrogens (tertiary/aromatic N) is 2. The third-order valence-electron chi connectivity index (χ3n) is 6.04. The molecular formula is C26H35ClN4O2. The molecule has 0 aliphatic carbocycles. The highest BCUT2D eigenvalue weighted by Crippen LogP contribution is 2.18. The molecule has 0 aromatic heterocycles. The fourth-order valence-corrected chi connectivity index (χ4v) is 4.30. The van der Waals surface area contributed by atoms with E-state index in [1.54, 1.807) is 24.3 Å². The number of carbonyl (C=O) groups is 2. The Morgan fingerprint density at radius 3 is 2.42 bits per heavy atom. The third kappa shape index (κ3) is 7.21. The van der Waals surface area contributed by atoms with Crippen molar-refractivity contribution in [3.8, 4) is 0 Å². The molecule has 0 radical (unpaired) electrons. The van der Waals surface area contributed by atoms with E-state index in [0.29, 0.717) is 17.1 Å². The van der Waals surface area contributed by atoms with Crippen LogP contribution in [0.1, 0.15) is 36.2 Å². The highest BCUT2D eigenvalue weighted by Gasteiger charge is 2.25. The molecular weight excluding hydrogens is 436 g/mol. The lowest BCUT2D eigenvalue weighted by Gasteiger charge is -2.36. The Kier molecular flexibility index (Phi) is 9.15. The Morgan fingerprint density at radius 1 is 1.03 bits per heavy atom. The number of halogens is 1. The maximum absolute atomic E-state index is 12.7. The van der Waals surface area contributed by atoms with Crippen LogP contribution in [0.3, 0.4) is 0 Å². The number of rotatable bonds is 9. The molecule has 2 amide bonds. The summed E-state index contributed by atoms with van der Waals surface area (Å²) >= 11 is 6.12. The summed E-state index contributed by atoms with van der Waals surface area (Å²) in [6.07, 6.45) is 0.874. The maximum Gasteiger partial charge on any atom is 0.253 e. The lowest BCUT2D eigenvalue weighted by molar-refractivity contribution is -0.123. The molecule has 0 spiro atoms. The largest absolute Gasteiger partial charge is 0.369 e. The molecule has 0 saturated carbocycles. The zero-order valence-electron chi connectivity index (χ0n) is 19.8. The minimum atomic E-state index is -0.605. The molecule has 3 rings (SSSR count). The number of hydrogen-bond acceptors (Lipinski definition) is 4. The fraction of sp³-hybridized carbons (Fsp3) is 0.462. The van der Waals surface area contributed by atoms with Crippen molar-refractivity contribution in [2.24, 2.45) is 5.92 Å². The van der Waals surface area contributed by atoms with Gasteiger partial charge in [0.05, 0.1) is 10.6 Å². The number of anilines is 1. The van der Waals surface area contributed by atoms with E-state index in [4.69, 9.17) is 11.6 Å². The van der Waals surface area contributed by atoms with Crippen LogP contribution in [0.15, 0.2) is 48.5 Å². The first-order valence-electron chi connectivity index (χ1n) is 11.7. The van der Waals surface area contributed by atoms with Crippen molar-refractivity contribution in [3.63, 3.8) is 0 Å². The van der Waals surface area contributed by atoms with Crippen molar-refractivity contribution in [1.82, 2.24) is 15.5 Å². The fourth-order valence-electron chi connectivity index (χ4n) is 4.08. The van der Waals surface area contributed by atoms with Crippen molar-refractivity contribution < 1.29 is 9.59 Å². The van der Waals surface area contributed by atoms with Gasteiger partial charge in [0.1, 0.15) is 6.04 Å². The average molecular weight is 471 g/mol. The van der Waals surface area contributed by atoms with E-state index in [2.05, 4.69) is 51.6 Å². The van der Waals surface area contributed by atoms with Crippen LogP contribution in [0.5, 0.6) is 0 Å². The minimum Gasteiger partial charge on any atom is -0.369 e. The summed E-state index contributed by atoms with van der Waals surface area (Å²) < 4.78 is 0. The van der Waals surface area contributed by atoms with Gasteiger partial charge in [-0.25, -0.2) is 0 Å². The van der Waals surface area contributed by atoms with Gasteiger partial charge in [0, 0.05) is 38.4 Å². The van der Waals surface area contributed by atoms with Crippen molar-refractivity contribution in [2.45, 2.75) is 33.2 Å². The lowest BCUT2D eigenvalue weighted by atomic mass is 10.0. The van der Waals surface area contributed by atoms with Gasteiger partial charge in [-0.1, -0.05) is 49.7 Å². The molecule has 1 heterocycles. The molecule has 2 N–H and O–H groups in total. The summed E-state index contributed by atoms with van der Waals surface area (Å²) in [4.78, 5) is 30.2. The summed E-state index contributed by atoms with van der Waals surface area (Å²) in [6.45, 7) is 11.6. The Morgan fingerprint density at radius 2 is 1.76 bits per heavy atom. The molecule has 1 fully saturated rings. The number of carbonyl (C=O) groups excluding carboxylic acids is 2. The van der Waals surface area contributed by atoms with E-state index < -0.39 is 6.04 Å². The van der Waals surface area contributed by atoms with Crippen molar-refractivity contribution >= 4 is 29.1 Å². The predicted molar refractivity (Wildman–Crippen MR) is 135 cm³/mol. The summed E-state index contributed by atoms with van der Waals surface area (Å²) in [7, 11) is 0. The van der Waals surface area contributed by atoms with Crippen LogP contribution in [0.4, 0.5) is 5.69 Å². The van der Waals surface area contributed by atoms with Crippen LogP contribution < -0.4 is 15.5 Å². The van der Waals surface area contributed by atoms with E-state index in [9.17, 15) is 9.59 Å². The van der Waals surface area contributed by atoms with Crippen molar-refractivity contribution in [3.05, 3.63) is 64.7 Å². The zero-order chi connectivity index (χ0) is 23.8. The van der Waals surface area contributed by atoms with Crippen molar-refractivity contribution in [2.75, 3.05) is 44.2 Å². The van der Waals surface area contributed by atoms with Gasteiger partial charge in [-0.3, -0.25) is 14.5 Å². The molecule has 178 valence electrons.